The molecule has 0 saturated heterocycles. The highest BCUT2D eigenvalue weighted by atomic mass is 32.2. The molecule has 0 bridgehead atoms. The third kappa shape index (κ3) is 2.88. The molecule has 1 atom stereocenters. The van der Waals surface area contributed by atoms with Gasteiger partial charge in [0, 0.05) is 11.4 Å². The SMILES string of the molecule is Cc1ccc(C)c(NC2=NC(c3ccccc3)CS2)c1. The number of hydrogen-bond acceptors (Lipinski definition) is 3. The Kier molecular flexibility index (Phi) is 3.79. The van der Waals surface area contributed by atoms with Gasteiger partial charge in [-0.2, -0.15) is 0 Å². The van der Waals surface area contributed by atoms with E-state index in [4.69, 9.17) is 4.99 Å². The number of nitrogens with zero attached hydrogens (tertiary/aromatic N) is 1. The fourth-order valence-electron chi connectivity index (χ4n) is 2.27. The second-order valence-corrected chi connectivity index (χ2v) is 6.12. The van der Waals surface area contributed by atoms with Crippen molar-refractivity contribution in [1.82, 2.24) is 0 Å². The van der Waals surface area contributed by atoms with E-state index in [1.165, 1.54) is 16.7 Å². The number of aliphatic imine (C=N–C) groups is 1. The molecule has 0 amide bonds. The van der Waals surface area contributed by atoms with E-state index in [0.29, 0.717) is 0 Å². The second-order valence-electron chi connectivity index (χ2n) is 5.12. The first-order valence-corrected chi connectivity index (χ1v) is 7.81. The van der Waals surface area contributed by atoms with Crippen LogP contribution in [0.25, 0.3) is 0 Å². The number of anilines is 1. The molecule has 1 aliphatic heterocycles. The molecular weight excluding hydrogens is 264 g/mol. The summed E-state index contributed by atoms with van der Waals surface area (Å²) in [5.74, 6) is 1.01. The minimum atomic E-state index is 0.272. The number of amidine groups is 1. The average Bonchev–Trinajstić information content (AvgIpc) is 2.92. The van der Waals surface area contributed by atoms with Gasteiger partial charge in [-0.15, -0.1) is 0 Å². The van der Waals surface area contributed by atoms with E-state index in [1.54, 1.807) is 11.8 Å². The monoisotopic (exact) mass is 282 g/mol. The highest BCUT2D eigenvalue weighted by Crippen LogP contribution is 2.31. The Morgan fingerprint density at radius 3 is 2.70 bits per heavy atom. The van der Waals surface area contributed by atoms with Crippen LogP contribution in [0.2, 0.25) is 0 Å². The molecule has 2 nitrogen and oxygen atoms in total. The summed E-state index contributed by atoms with van der Waals surface area (Å²) >= 11 is 1.79. The van der Waals surface area contributed by atoms with E-state index >= 15 is 0 Å². The normalized spacial score (nSPS) is 17.9. The van der Waals surface area contributed by atoms with Crippen LogP contribution < -0.4 is 5.32 Å². The van der Waals surface area contributed by atoms with Crippen molar-refractivity contribution in [2.75, 3.05) is 11.1 Å². The first-order valence-electron chi connectivity index (χ1n) is 6.82. The predicted molar refractivity (Wildman–Crippen MR) is 88.6 cm³/mol. The molecule has 20 heavy (non-hydrogen) atoms. The highest BCUT2D eigenvalue weighted by molar-refractivity contribution is 8.14. The Balaban J connectivity index is 1.77. The summed E-state index contributed by atoms with van der Waals surface area (Å²) < 4.78 is 0. The smallest absolute Gasteiger partial charge is 0.161 e. The quantitative estimate of drug-likeness (QED) is 0.873. The van der Waals surface area contributed by atoms with Crippen LogP contribution in [0.15, 0.2) is 53.5 Å². The van der Waals surface area contributed by atoms with Crippen LogP contribution in [0.4, 0.5) is 5.69 Å². The lowest BCUT2D eigenvalue weighted by Gasteiger charge is -2.09. The zero-order chi connectivity index (χ0) is 13.9. The molecule has 1 N–H and O–H groups in total. The van der Waals surface area contributed by atoms with Crippen molar-refractivity contribution >= 4 is 22.6 Å². The maximum atomic E-state index is 4.79. The zero-order valence-corrected chi connectivity index (χ0v) is 12.6. The molecular formula is C17H18N2S. The Labute approximate surface area is 124 Å². The largest absolute Gasteiger partial charge is 0.335 e. The van der Waals surface area contributed by atoms with E-state index in [1.807, 2.05) is 6.07 Å². The van der Waals surface area contributed by atoms with E-state index in [-0.39, 0.29) is 6.04 Å². The maximum Gasteiger partial charge on any atom is 0.161 e. The van der Waals surface area contributed by atoms with Crippen LogP contribution in [-0.4, -0.2) is 10.9 Å². The molecule has 2 aromatic rings. The van der Waals surface area contributed by atoms with Gasteiger partial charge in [0.1, 0.15) is 0 Å². The third-order valence-electron chi connectivity index (χ3n) is 3.47. The second kappa shape index (κ2) is 5.71. The summed E-state index contributed by atoms with van der Waals surface area (Å²) in [6.45, 7) is 4.23. The van der Waals surface area contributed by atoms with E-state index in [9.17, 15) is 0 Å². The van der Waals surface area contributed by atoms with Crippen molar-refractivity contribution in [3.8, 4) is 0 Å². The molecule has 102 valence electrons. The molecule has 0 aliphatic carbocycles. The first kappa shape index (κ1) is 13.3. The first-order chi connectivity index (χ1) is 9.72. The van der Waals surface area contributed by atoms with E-state index < -0.39 is 0 Å². The molecule has 1 unspecified atom stereocenters. The summed E-state index contributed by atoms with van der Waals surface area (Å²) in [6, 6.07) is 17.2. The van der Waals surface area contributed by atoms with E-state index in [2.05, 4.69) is 61.6 Å². The van der Waals surface area contributed by atoms with Gasteiger partial charge < -0.3 is 5.32 Å². The molecule has 1 heterocycles. The number of aryl methyl sites for hydroxylation is 2. The molecule has 0 spiro atoms. The van der Waals surface area contributed by atoms with Gasteiger partial charge >= 0.3 is 0 Å². The van der Waals surface area contributed by atoms with Crippen LogP contribution in [0.3, 0.4) is 0 Å². The number of benzene rings is 2. The Morgan fingerprint density at radius 2 is 1.90 bits per heavy atom. The Bertz CT molecular complexity index is 635. The molecule has 0 radical (unpaired) electrons. The zero-order valence-electron chi connectivity index (χ0n) is 11.8. The summed E-state index contributed by atoms with van der Waals surface area (Å²) in [5, 5.41) is 4.48. The van der Waals surface area contributed by atoms with Crippen molar-refractivity contribution in [2.24, 2.45) is 4.99 Å². The van der Waals surface area contributed by atoms with Gasteiger partial charge in [0.05, 0.1) is 6.04 Å². The Morgan fingerprint density at radius 1 is 1.10 bits per heavy atom. The van der Waals surface area contributed by atoms with Crippen molar-refractivity contribution in [2.45, 2.75) is 19.9 Å². The van der Waals surface area contributed by atoms with Gasteiger partial charge in [-0.25, -0.2) is 0 Å². The fourth-order valence-corrected chi connectivity index (χ4v) is 3.24. The molecule has 0 fully saturated rings. The summed E-state index contributed by atoms with van der Waals surface area (Å²) in [6.07, 6.45) is 0. The summed E-state index contributed by atoms with van der Waals surface area (Å²) in [5.41, 5.74) is 4.96. The lowest BCUT2D eigenvalue weighted by Crippen LogP contribution is -2.06. The highest BCUT2D eigenvalue weighted by Gasteiger charge is 2.20. The minimum Gasteiger partial charge on any atom is -0.335 e. The number of hydrogen-bond donors (Lipinski definition) is 1. The van der Waals surface area contributed by atoms with Crippen molar-refractivity contribution in [3.05, 3.63) is 65.2 Å². The Hall–Kier alpha value is -1.74. The van der Waals surface area contributed by atoms with Gasteiger partial charge in [0.15, 0.2) is 5.17 Å². The van der Waals surface area contributed by atoms with Crippen LogP contribution in [-0.2, 0) is 0 Å². The topological polar surface area (TPSA) is 24.4 Å². The van der Waals surface area contributed by atoms with Gasteiger partial charge in [0.25, 0.3) is 0 Å². The fraction of sp³-hybridized carbons (Fsp3) is 0.235. The van der Waals surface area contributed by atoms with E-state index in [0.717, 1.165) is 16.6 Å². The van der Waals surface area contributed by atoms with Crippen molar-refractivity contribution in [1.29, 1.82) is 0 Å². The predicted octanol–water partition coefficient (Wildman–Crippen LogP) is 4.56. The summed E-state index contributed by atoms with van der Waals surface area (Å²) in [7, 11) is 0. The molecule has 3 rings (SSSR count). The van der Waals surface area contributed by atoms with Crippen LogP contribution in [0, 0.1) is 13.8 Å². The molecule has 3 heteroatoms. The number of rotatable bonds is 2. The van der Waals surface area contributed by atoms with Crippen LogP contribution >= 0.6 is 11.8 Å². The summed E-state index contributed by atoms with van der Waals surface area (Å²) in [4.78, 5) is 4.79. The molecule has 2 aromatic carbocycles. The minimum absolute atomic E-state index is 0.272. The van der Waals surface area contributed by atoms with Gasteiger partial charge in [-0.05, 0) is 36.6 Å². The van der Waals surface area contributed by atoms with Crippen molar-refractivity contribution < 1.29 is 0 Å². The number of thioether (sulfide) groups is 1. The van der Waals surface area contributed by atoms with Gasteiger partial charge in [-0.3, -0.25) is 4.99 Å². The van der Waals surface area contributed by atoms with Crippen LogP contribution in [0.5, 0.6) is 0 Å². The van der Waals surface area contributed by atoms with Crippen molar-refractivity contribution in [3.63, 3.8) is 0 Å². The molecule has 0 aromatic heterocycles. The molecule has 0 saturated carbocycles. The number of nitrogens with one attached hydrogen (secondary N) is 1. The standard InChI is InChI=1S/C17H18N2S/c1-12-8-9-13(2)15(10-12)18-17-19-16(11-20-17)14-6-4-3-5-7-14/h3-10,16H,11H2,1-2H3,(H,18,19). The average molecular weight is 282 g/mol. The van der Waals surface area contributed by atoms with Crippen LogP contribution in [0.1, 0.15) is 22.7 Å². The maximum absolute atomic E-state index is 4.79. The van der Waals surface area contributed by atoms with Gasteiger partial charge in [-0.1, -0.05) is 54.2 Å². The molecule has 1 aliphatic rings. The lowest BCUT2D eigenvalue weighted by molar-refractivity contribution is 0.849. The lowest BCUT2D eigenvalue weighted by atomic mass is 10.1. The third-order valence-corrected chi connectivity index (χ3v) is 4.43. The van der Waals surface area contributed by atoms with Gasteiger partial charge in [0.2, 0.25) is 0 Å².